The van der Waals surface area contributed by atoms with Gasteiger partial charge in [-0.25, -0.2) is 13.1 Å². The van der Waals surface area contributed by atoms with Crippen LogP contribution in [0.5, 0.6) is 0 Å². The summed E-state index contributed by atoms with van der Waals surface area (Å²) in [5.74, 6) is 0.425. The van der Waals surface area contributed by atoms with Crippen molar-refractivity contribution in [3.63, 3.8) is 0 Å². The van der Waals surface area contributed by atoms with E-state index in [9.17, 15) is 8.42 Å². The molecule has 0 bridgehead atoms. The molecule has 0 aromatic carbocycles. The highest BCUT2D eigenvalue weighted by Crippen LogP contribution is 2.51. The van der Waals surface area contributed by atoms with E-state index >= 15 is 0 Å². The minimum absolute atomic E-state index is 0.127. The molecule has 0 aliphatic heterocycles. The zero-order chi connectivity index (χ0) is 15.7. The number of aryl methyl sites for hydroxylation is 1. The molecular weight excluding hydrogens is 288 g/mol. The van der Waals surface area contributed by atoms with E-state index in [4.69, 9.17) is 0 Å². The van der Waals surface area contributed by atoms with Crippen LogP contribution in [0.25, 0.3) is 0 Å². The van der Waals surface area contributed by atoms with Gasteiger partial charge in [-0.15, -0.1) is 0 Å². The van der Waals surface area contributed by atoms with Gasteiger partial charge in [-0.3, -0.25) is 5.10 Å². The van der Waals surface area contributed by atoms with Crippen LogP contribution in [-0.4, -0.2) is 31.7 Å². The minimum atomic E-state index is -3.54. The molecule has 21 heavy (non-hydrogen) atoms. The van der Waals surface area contributed by atoms with Crippen molar-refractivity contribution in [3.8, 4) is 0 Å². The second-order valence-electron chi connectivity index (χ2n) is 6.55. The monoisotopic (exact) mass is 314 g/mol. The average Bonchev–Trinajstić information content (AvgIpc) is 2.83. The molecule has 7 heteroatoms. The van der Waals surface area contributed by atoms with Crippen LogP contribution in [0.3, 0.4) is 0 Å². The van der Waals surface area contributed by atoms with Crippen molar-refractivity contribution in [2.45, 2.75) is 52.1 Å². The summed E-state index contributed by atoms with van der Waals surface area (Å²) in [6.45, 7) is 10.1. The van der Waals surface area contributed by atoms with Crippen LogP contribution in [0.15, 0.2) is 5.03 Å². The Labute approximate surface area is 127 Å². The smallest absolute Gasteiger partial charge is 0.260 e. The topological polar surface area (TPSA) is 86.9 Å². The van der Waals surface area contributed by atoms with Crippen molar-refractivity contribution in [2.24, 2.45) is 11.3 Å². The normalized spacial score (nSPS) is 20.7. The molecule has 6 nitrogen and oxygen atoms in total. The lowest BCUT2D eigenvalue weighted by Gasteiger charge is -2.08. The van der Waals surface area contributed by atoms with Crippen LogP contribution in [0.2, 0.25) is 0 Å². The fourth-order valence-corrected chi connectivity index (χ4v) is 3.73. The Morgan fingerprint density at radius 1 is 1.43 bits per heavy atom. The van der Waals surface area contributed by atoms with E-state index in [1.807, 2.05) is 6.92 Å². The maximum absolute atomic E-state index is 12.4. The predicted octanol–water partition coefficient (Wildman–Crippen LogP) is 1.54. The number of nitrogens with zero attached hydrogens (tertiary/aromatic N) is 1. The molecule has 1 aromatic rings. The van der Waals surface area contributed by atoms with Gasteiger partial charge >= 0.3 is 0 Å². The Morgan fingerprint density at radius 3 is 2.67 bits per heavy atom. The van der Waals surface area contributed by atoms with Crippen molar-refractivity contribution in [1.82, 2.24) is 20.2 Å². The Morgan fingerprint density at radius 2 is 2.10 bits per heavy atom. The zero-order valence-corrected chi connectivity index (χ0v) is 14.1. The van der Waals surface area contributed by atoms with Crippen LogP contribution in [-0.2, 0) is 16.6 Å². The number of sulfonamides is 1. The summed E-state index contributed by atoms with van der Waals surface area (Å²) >= 11 is 0. The third-order valence-corrected chi connectivity index (χ3v) is 5.65. The first kappa shape index (κ1) is 16.5. The quantitative estimate of drug-likeness (QED) is 0.635. The van der Waals surface area contributed by atoms with Gasteiger partial charge in [-0.1, -0.05) is 20.8 Å². The van der Waals surface area contributed by atoms with Crippen LogP contribution < -0.4 is 10.0 Å². The highest BCUT2D eigenvalue weighted by atomic mass is 32.2. The fourth-order valence-electron chi connectivity index (χ4n) is 2.45. The predicted molar refractivity (Wildman–Crippen MR) is 82.4 cm³/mol. The average molecular weight is 314 g/mol. The molecule has 1 atom stereocenters. The van der Waals surface area contributed by atoms with Crippen LogP contribution in [0.1, 0.15) is 44.9 Å². The highest BCUT2D eigenvalue weighted by Gasteiger charge is 2.45. The Bertz CT molecular complexity index is 592. The maximum atomic E-state index is 12.4. The standard InChI is InChI=1S/C14H26N4O2S/c1-5-6-15-9-12-10(2)17-18-13(12)21(19,20)16-8-11-7-14(11,3)4/h11,15-16H,5-9H2,1-4H3,(H,17,18). The number of H-pyrrole nitrogens is 1. The van der Waals surface area contributed by atoms with Crippen molar-refractivity contribution in [3.05, 3.63) is 11.3 Å². The highest BCUT2D eigenvalue weighted by molar-refractivity contribution is 7.89. The second kappa shape index (κ2) is 6.06. The van der Waals surface area contributed by atoms with E-state index in [-0.39, 0.29) is 10.4 Å². The first-order chi connectivity index (χ1) is 9.78. The third-order valence-electron chi connectivity index (χ3n) is 4.26. The SMILES string of the molecule is CCCNCc1c(S(=O)(=O)NCC2CC2(C)C)n[nH]c1C. The number of rotatable bonds is 8. The number of nitrogens with one attached hydrogen (secondary N) is 3. The summed E-state index contributed by atoms with van der Waals surface area (Å²) in [7, 11) is -3.54. The van der Waals surface area contributed by atoms with E-state index in [1.54, 1.807) is 0 Å². The molecule has 0 amide bonds. The Balaban J connectivity index is 2.05. The van der Waals surface area contributed by atoms with Crippen LogP contribution in [0.4, 0.5) is 0 Å². The molecule has 1 aliphatic rings. The summed E-state index contributed by atoms with van der Waals surface area (Å²) in [4.78, 5) is 0. The molecular formula is C14H26N4O2S. The van der Waals surface area contributed by atoms with Crippen molar-refractivity contribution >= 4 is 10.0 Å². The number of hydrogen-bond donors (Lipinski definition) is 3. The van der Waals surface area contributed by atoms with Gasteiger partial charge in [0.2, 0.25) is 0 Å². The van der Waals surface area contributed by atoms with Gasteiger partial charge in [0.1, 0.15) is 0 Å². The molecule has 1 saturated carbocycles. The van der Waals surface area contributed by atoms with Gasteiger partial charge in [0.25, 0.3) is 10.0 Å². The molecule has 0 spiro atoms. The van der Waals surface area contributed by atoms with Crippen LogP contribution >= 0.6 is 0 Å². The van der Waals surface area contributed by atoms with Crippen molar-refractivity contribution in [2.75, 3.05) is 13.1 Å². The molecule has 120 valence electrons. The number of aromatic nitrogens is 2. The van der Waals surface area contributed by atoms with Gasteiger partial charge in [-0.05, 0) is 37.6 Å². The summed E-state index contributed by atoms with van der Waals surface area (Å²) in [5.41, 5.74) is 1.78. The summed E-state index contributed by atoms with van der Waals surface area (Å²) < 4.78 is 27.5. The molecule has 0 radical (unpaired) electrons. The Hall–Kier alpha value is -0.920. The van der Waals surface area contributed by atoms with Gasteiger partial charge < -0.3 is 5.32 Å². The molecule has 1 aromatic heterocycles. The minimum Gasteiger partial charge on any atom is -0.313 e. The van der Waals surface area contributed by atoms with Crippen molar-refractivity contribution < 1.29 is 8.42 Å². The van der Waals surface area contributed by atoms with E-state index in [0.29, 0.717) is 19.0 Å². The molecule has 3 N–H and O–H groups in total. The van der Waals surface area contributed by atoms with E-state index in [0.717, 1.165) is 30.6 Å². The number of hydrogen-bond acceptors (Lipinski definition) is 4. The molecule has 1 unspecified atom stereocenters. The van der Waals surface area contributed by atoms with Crippen LogP contribution in [0, 0.1) is 18.3 Å². The van der Waals surface area contributed by atoms with Crippen molar-refractivity contribution in [1.29, 1.82) is 0 Å². The lowest BCUT2D eigenvalue weighted by molar-refractivity contribution is 0.535. The summed E-state index contributed by atoms with van der Waals surface area (Å²) in [6, 6.07) is 0. The first-order valence-electron chi connectivity index (χ1n) is 7.52. The van der Waals surface area contributed by atoms with E-state index in [2.05, 4.69) is 41.0 Å². The zero-order valence-electron chi connectivity index (χ0n) is 13.3. The molecule has 1 fully saturated rings. The lowest BCUT2D eigenvalue weighted by Crippen LogP contribution is -2.28. The third kappa shape index (κ3) is 3.84. The summed E-state index contributed by atoms with van der Waals surface area (Å²) in [5, 5.41) is 10.1. The Kier molecular flexibility index (Phi) is 4.75. The molecule has 2 rings (SSSR count). The van der Waals surface area contributed by atoms with E-state index < -0.39 is 10.0 Å². The maximum Gasteiger partial charge on any atom is 0.260 e. The molecule has 1 heterocycles. The van der Waals surface area contributed by atoms with Gasteiger partial charge in [0.05, 0.1) is 0 Å². The molecule has 0 saturated heterocycles. The van der Waals surface area contributed by atoms with Gasteiger partial charge in [0, 0.05) is 24.3 Å². The largest absolute Gasteiger partial charge is 0.313 e. The molecule has 1 aliphatic carbocycles. The first-order valence-corrected chi connectivity index (χ1v) is 9.00. The summed E-state index contributed by atoms with van der Waals surface area (Å²) in [6.07, 6.45) is 2.08. The van der Waals surface area contributed by atoms with E-state index in [1.165, 1.54) is 0 Å². The fraction of sp³-hybridized carbons (Fsp3) is 0.786. The lowest BCUT2D eigenvalue weighted by atomic mass is 10.1. The van der Waals surface area contributed by atoms with Gasteiger partial charge in [-0.2, -0.15) is 5.10 Å². The van der Waals surface area contributed by atoms with Gasteiger partial charge in [0.15, 0.2) is 5.03 Å². The second-order valence-corrected chi connectivity index (χ2v) is 8.23. The number of aromatic amines is 1.